The number of nitrogen functional groups attached to an aromatic ring is 1. The Morgan fingerprint density at radius 3 is 2.50 bits per heavy atom. The van der Waals surface area contributed by atoms with Gasteiger partial charge >= 0.3 is 0 Å². The Bertz CT molecular complexity index is 1040. The number of benzene rings is 2. The molecule has 0 spiro atoms. The molecule has 0 saturated carbocycles. The van der Waals surface area contributed by atoms with Crippen LogP contribution in [0.4, 0.5) is 11.4 Å². The Kier molecular flexibility index (Phi) is 5.99. The lowest BCUT2D eigenvalue weighted by Crippen LogP contribution is -2.30. The van der Waals surface area contributed by atoms with E-state index in [1.165, 1.54) is 0 Å². The van der Waals surface area contributed by atoms with Crippen LogP contribution < -0.4 is 16.6 Å². The minimum atomic E-state index is -0.639. The number of nitrogens with two attached hydrogens (primary N) is 1. The van der Waals surface area contributed by atoms with E-state index >= 15 is 0 Å². The zero-order valence-corrected chi connectivity index (χ0v) is 15.9. The van der Waals surface area contributed by atoms with Gasteiger partial charge in [-0.2, -0.15) is 0 Å². The van der Waals surface area contributed by atoms with Crippen molar-refractivity contribution in [1.82, 2.24) is 4.57 Å². The number of hydrogen-bond acceptors (Lipinski definition) is 4. The van der Waals surface area contributed by atoms with Gasteiger partial charge in [0.1, 0.15) is 11.3 Å². The topological polar surface area (TPSA) is 97.4 Å². The van der Waals surface area contributed by atoms with Crippen molar-refractivity contribution in [2.45, 2.75) is 39.2 Å². The third kappa shape index (κ3) is 4.01. The molecule has 3 aromatic rings. The number of para-hydroxylation sites is 1. The molecule has 6 nitrogen and oxygen atoms in total. The molecule has 0 saturated heterocycles. The van der Waals surface area contributed by atoms with Crippen LogP contribution in [0.2, 0.25) is 0 Å². The van der Waals surface area contributed by atoms with E-state index < -0.39 is 11.5 Å². The summed E-state index contributed by atoms with van der Waals surface area (Å²) in [5.74, 6) is -0.932. The lowest BCUT2D eigenvalue weighted by Gasteiger charge is -2.15. The summed E-state index contributed by atoms with van der Waals surface area (Å²) in [7, 11) is 0. The Hall–Kier alpha value is -3.28. The summed E-state index contributed by atoms with van der Waals surface area (Å²) in [5, 5.41) is 13.8. The van der Waals surface area contributed by atoms with E-state index in [0.29, 0.717) is 28.8 Å². The van der Waals surface area contributed by atoms with Gasteiger partial charge in [0.05, 0.1) is 5.52 Å². The van der Waals surface area contributed by atoms with Crippen LogP contribution in [-0.2, 0) is 6.54 Å². The predicted octanol–water partition coefficient (Wildman–Crippen LogP) is 4.12. The maximum atomic E-state index is 13.1. The number of aryl methyl sites for hydroxylation is 1. The first-order valence-corrected chi connectivity index (χ1v) is 9.54. The van der Waals surface area contributed by atoms with Gasteiger partial charge in [0.2, 0.25) is 0 Å². The number of rotatable bonds is 7. The lowest BCUT2D eigenvalue weighted by molar-refractivity contribution is 0.102. The number of anilines is 2. The second kappa shape index (κ2) is 8.61. The molecular formula is C22H25N3O3. The van der Waals surface area contributed by atoms with Crippen LogP contribution in [0.1, 0.15) is 43.0 Å². The highest BCUT2D eigenvalue weighted by molar-refractivity contribution is 6.09. The third-order valence-electron chi connectivity index (χ3n) is 4.78. The standard InChI is InChI=1S/C22H25N3O3/c1-2-3-4-7-14-25-18-9-6-5-8-17(18)20(26)19(22(25)28)21(27)24-16-12-10-15(23)11-13-16/h5-6,8-13,26H,2-4,7,14,23H2,1H3,(H,24,27). The normalized spacial score (nSPS) is 10.9. The van der Waals surface area contributed by atoms with Crippen LogP contribution in [0, 0.1) is 0 Å². The monoisotopic (exact) mass is 379 g/mol. The van der Waals surface area contributed by atoms with Crippen LogP contribution >= 0.6 is 0 Å². The molecule has 3 rings (SSSR count). The number of amides is 1. The summed E-state index contributed by atoms with van der Waals surface area (Å²) < 4.78 is 1.59. The number of aromatic nitrogens is 1. The summed E-state index contributed by atoms with van der Waals surface area (Å²) in [6, 6.07) is 13.7. The van der Waals surface area contributed by atoms with Gasteiger partial charge in [-0.1, -0.05) is 38.3 Å². The van der Waals surface area contributed by atoms with Crippen molar-refractivity contribution in [2.24, 2.45) is 0 Å². The quantitative estimate of drug-likeness (QED) is 0.425. The molecule has 1 amide bonds. The number of nitrogens with zero attached hydrogens (tertiary/aromatic N) is 1. The fraction of sp³-hybridized carbons (Fsp3) is 0.273. The van der Waals surface area contributed by atoms with E-state index in [-0.39, 0.29) is 11.3 Å². The Labute approximate surface area is 163 Å². The second-order valence-corrected chi connectivity index (χ2v) is 6.83. The van der Waals surface area contributed by atoms with E-state index in [4.69, 9.17) is 5.73 Å². The lowest BCUT2D eigenvalue weighted by atomic mass is 10.1. The highest BCUT2D eigenvalue weighted by Crippen LogP contribution is 2.27. The maximum absolute atomic E-state index is 13.1. The first kappa shape index (κ1) is 19.5. The summed E-state index contributed by atoms with van der Waals surface area (Å²) in [4.78, 5) is 25.9. The summed E-state index contributed by atoms with van der Waals surface area (Å²) in [5.41, 5.74) is 6.63. The molecule has 146 valence electrons. The molecule has 0 bridgehead atoms. The van der Waals surface area contributed by atoms with E-state index in [2.05, 4.69) is 12.2 Å². The minimum absolute atomic E-state index is 0.244. The molecular weight excluding hydrogens is 354 g/mol. The number of carbonyl (C=O) groups is 1. The molecule has 0 atom stereocenters. The fourth-order valence-electron chi connectivity index (χ4n) is 3.27. The van der Waals surface area contributed by atoms with Crippen molar-refractivity contribution >= 4 is 28.2 Å². The molecule has 28 heavy (non-hydrogen) atoms. The van der Waals surface area contributed by atoms with Gasteiger partial charge in [-0.05, 0) is 42.8 Å². The molecule has 1 aromatic heterocycles. The van der Waals surface area contributed by atoms with Crippen molar-refractivity contribution in [3.63, 3.8) is 0 Å². The van der Waals surface area contributed by atoms with Gasteiger partial charge < -0.3 is 20.7 Å². The minimum Gasteiger partial charge on any atom is -0.506 e. The van der Waals surface area contributed by atoms with Crippen molar-refractivity contribution < 1.29 is 9.90 Å². The first-order valence-electron chi connectivity index (χ1n) is 9.54. The second-order valence-electron chi connectivity index (χ2n) is 6.83. The summed E-state index contributed by atoms with van der Waals surface area (Å²) in [6.07, 6.45) is 4.03. The number of carbonyl (C=O) groups excluding carboxylic acids is 1. The molecule has 1 heterocycles. The maximum Gasteiger partial charge on any atom is 0.267 e. The van der Waals surface area contributed by atoms with Gasteiger partial charge in [-0.15, -0.1) is 0 Å². The van der Waals surface area contributed by atoms with E-state index in [1.807, 2.05) is 6.07 Å². The molecule has 0 aliphatic rings. The van der Waals surface area contributed by atoms with Crippen molar-refractivity contribution in [3.05, 3.63) is 64.4 Å². The summed E-state index contributed by atoms with van der Waals surface area (Å²) in [6.45, 7) is 2.63. The molecule has 4 N–H and O–H groups in total. The molecule has 6 heteroatoms. The van der Waals surface area contributed by atoms with Crippen LogP contribution in [0.15, 0.2) is 53.3 Å². The van der Waals surface area contributed by atoms with Crippen molar-refractivity contribution in [1.29, 1.82) is 0 Å². The molecule has 0 aliphatic carbocycles. The first-order chi connectivity index (χ1) is 13.5. The molecule has 0 fully saturated rings. The average Bonchev–Trinajstić information content (AvgIpc) is 2.69. The number of unbranched alkanes of at least 4 members (excludes halogenated alkanes) is 3. The van der Waals surface area contributed by atoms with Crippen LogP contribution in [-0.4, -0.2) is 15.6 Å². The van der Waals surface area contributed by atoms with E-state index in [1.54, 1.807) is 47.0 Å². The number of aromatic hydroxyl groups is 1. The predicted molar refractivity (Wildman–Crippen MR) is 113 cm³/mol. The van der Waals surface area contributed by atoms with Crippen molar-refractivity contribution in [2.75, 3.05) is 11.1 Å². The number of hydrogen-bond donors (Lipinski definition) is 3. The zero-order valence-electron chi connectivity index (χ0n) is 15.9. The number of nitrogens with one attached hydrogen (secondary N) is 1. The fourth-order valence-corrected chi connectivity index (χ4v) is 3.27. The van der Waals surface area contributed by atoms with Crippen LogP contribution in [0.5, 0.6) is 5.75 Å². The van der Waals surface area contributed by atoms with Gasteiger partial charge in [0.25, 0.3) is 11.5 Å². The van der Waals surface area contributed by atoms with Gasteiger partial charge in [-0.3, -0.25) is 9.59 Å². The third-order valence-corrected chi connectivity index (χ3v) is 4.78. The molecule has 0 aliphatic heterocycles. The largest absolute Gasteiger partial charge is 0.506 e. The van der Waals surface area contributed by atoms with Gasteiger partial charge in [0, 0.05) is 23.3 Å². The molecule has 2 aromatic carbocycles. The SMILES string of the molecule is CCCCCCn1c(=O)c(C(=O)Nc2ccc(N)cc2)c(O)c2ccccc21. The zero-order chi connectivity index (χ0) is 20.1. The Morgan fingerprint density at radius 1 is 1.07 bits per heavy atom. The molecule has 0 unspecified atom stereocenters. The van der Waals surface area contributed by atoms with Crippen LogP contribution in [0.3, 0.4) is 0 Å². The molecule has 0 radical (unpaired) electrons. The van der Waals surface area contributed by atoms with Crippen LogP contribution in [0.25, 0.3) is 10.9 Å². The number of pyridine rings is 1. The van der Waals surface area contributed by atoms with Gasteiger partial charge in [0.15, 0.2) is 0 Å². The highest BCUT2D eigenvalue weighted by Gasteiger charge is 2.22. The summed E-state index contributed by atoms with van der Waals surface area (Å²) >= 11 is 0. The van der Waals surface area contributed by atoms with Gasteiger partial charge in [-0.25, -0.2) is 0 Å². The average molecular weight is 379 g/mol. The van der Waals surface area contributed by atoms with E-state index in [0.717, 1.165) is 25.7 Å². The smallest absolute Gasteiger partial charge is 0.267 e. The number of fused-ring (bicyclic) bond motifs is 1. The van der Waals surface area contributed by atoms with E-state index in [9.17, 15) is 14.7 Å². The highest BCUT2D eigenvalue weighted by atomic mass is 16.3. The Morgan fingerprint density at radius 2 is 1.79 bits per heavy atom. The van der Waals surface area contributed by atoms with Crippen molar-refractivity contribution in [3.8, 4) is 5.75 Å². The Balaban J connectivity index is 2.02.